The molecule has 0 unspecified atom stereocenters. The van der Waals surface area contributed by atoms with Crippen LogP contribution in [0.4, 0.5) is 5.69 Å². The summed E-state index contributed by atoms with van der Waals surface area (Å²) in [6, 6.07) is 10.0. The van der Waals surface area contributed by atoms with Crippen LogP contribution >= 0.6 is 11.6 Å². The Balaban J connectivity index is 1.72. The molecular weight excluding hydrogens is 472 g/mol. The van der Waals surface area contributed by atoms with E-state index in [9.17, 15) is 22.8 Å². The maximum Gasteiger partial charge on any atom is 0.339 e. The van der Waals surface area contributed by atoms with Gasteiger partial charge in [0.1, 0.15) is 0 Å². The minimum Gasteiger partial charge on any atom is -0.465 e. The van der Waals surface area contributed by atoms with Crippen molar-refractivity contribution >= 4 is 45.2 Å². The Hall–Kier alpha value is -2.95. The first-order valence-corrected chi connectivity index (χ1v) is 11.9. The van der Waals surface area contributed by atoms with Gasteiger partial charge in [-0.05, 0) is 55.3 Å². The second-order valence-corrected chi connectivity index (χ2v) is 9.74. The van der Waals surface area contributed by atoms with E-state index in [4.69, 9.17) is 16.3 Å². The first kappa shape index (κ1) is 24.7. The summed E-state index contributed by atoms with van der Waals surface area (Å²) in [6.45, 7) is 0.324. The second-order valence-electron chi connectivity index (χ2n) is 7.37. The Morgan fingerprint density at radius 3 is 2.15 bits per heavy atom. The van der Waals surface area contributed by atoms with Gasteiger partial charge in [-0.15, -0.1) is 0 Å². The number of piperidine rings is 1. The molecule has 0 atom stereocenters. The van der Waals surface area contributed by atoms with E-state index in [0.29, 0.717) is 17.9 Å². The van der Waals surface area contributed by atoms with E-state index in [-0.39, 0.29) is 40.7 Å². The number of anilines is 1. The highest BCUT2D eigenvalue weighted by molar-refractivity contribution is 7.89. The molecule has 1 N–H and O–H groups in total. The maximum absolute atomic E-state index is 12.9. The summed E-state index contributed by atoms with van der Waals surface area (Å²) in [7, 11) is -1.27. The van der Waals surface area contributed by atoms with E-state index in [1.54, 1.807) is 0 Å². The van der Waals surface area contributed by atoms with Crippen LogP contribution in [-0.4, -0.2) is 57.9 Å². The lowest BCUT2D eigenvalue weighted by Crippen LogP contribution is -2.41. The van der Waals surface area contributed by atoms with Gasteiger partial charge in [0, 0.05) is 24.0 Å². The number of carbonyl (C=O) groups excluding carboxylic acids is 3. The monoisotopic (exact) mass is 494 g/mol. The van der Waals surface area contributed by atoms with Crippen LogP contribution in [-0.2, 0) is 24.3 Å². The van der Waals surface area contributed by atoms with Crippen LogP contribution in [0, 0.1) is 5.92 Å². The minimum absolute atomic E-state index is 0.0845. The highest BCUT2D eigenvalue weighted by Crippen LogP contribution is 2.27. The average molecular weight is 495 g/mol. The zero-order chi connectivity index (χ0) is 24.2. The summed E-state index contributed by atoms with van der Waals surface area (Å²) >= 11 is 5.84. The van der Waals surface area contributed by atoms with Crippen molar-refractivity contribution in [2.24, 2.45) is 5.92 Å². The molecule has 0 bridgehead atoms. The number of esters is 2. The molecule has 1 saturated heterocycles. The third kappa shape index (κ3) is 5.52. The number of nitrogens with one attached hydrogen (secondary N) is 1. The summed E-state index contributed by atoms with van der Waals surface area (Å²) in [5.41, 5.74) is 0.358. The van der Waals surface area contributed by atoms with Gasteiger partial charge < -0.3 is 14.8 Å². The summed E-state index contributed by atoms with van der Waals surface area (Å²) < 4.78 is 36.4. The number of methoxy groups -OCH3 is 2. The average Bonchev–Trinajstić information content (AvgIpc) is 2.83. The van der Waals surface area contributed by atoms with Gasteiger partial charge in [-0.2, -0.15) is 4.31 Å². The zero-order valence-corrected chi connectivity index (χ0v) is 19.6. The maximum atomic E-state index is 12.9. The lowest BCUT2D eigenvalue weighted by atomic mass is 9.97. The van der Waals surface area contributed by atoms with Crippen LogP contribution in [0.3, 0.4) is 0 Å². The molecule has 11 heteroatoms. The summed E-state index contributed by atoms with van der Waals surface area (Å²) in [6.07, 6.45) is 0.589. The summed E-state index contributed by atoms with van der Waals surface area (Å²) in [5, 5.41) is 3.11. The molecule has 9 nitrogen and oxygen atoms in total. The van der Waals surface area contributed by atoms with Crippen molar-refractivity contribution in [3.63, 3.8) is 0 Å². The van der Waals surface area contributed by atoms with Crippen LogP contribution in [0.5, 0.6) is 0 Å². The van der Waals surface area contributed by atoms with Gasteiger partial charge in [0.15, 0.2) is 0 Å². The quantitative estimate of drug-likeness (QED) is 0.613. The fourth-order valence-electron chi connectivity index (χ4n) is 3.53. The van der Waals surface area contributed by atoms with Crippen molar-refractivity contribution < 1.29 is 32.3 Å². The van der Waals surface area contributed by atoms with Gasteiger partial charge in [-0.1, -0.05) is 11.6 Å². The second kappa shape index (κ2) is 10.3. The molecule has 2 aromatic carbocycles. The first-order valence-electron chi connectivity index (χ1n) is 10.0. The van der Waals surface area contributed by atoms with Crippen molar-refractivity contribution in [2.75, 3.05) is 32.6 Å². The standard InChI is InChI=1S/C22H23ClN2O7S/c1-31-21(27)15-3-8-18(22(28)32-2)19(13-15)24-20(26)14-9-11-25(12-10-14)33(29,30)17-6-4-16(23)5-7-17/h3-8,13-14H,9-12H2,1-2H3,(H,24,26). The molecule has 1 heterocycles. The van der Waals surface area contributed by atoms with E-state index in [1.807, 2.05) is 0 Å². The molecule has 2 aromatic rings. The molecular formula is C22H23ClN2O7S. The Kier molecular flexibility index (Phi) is 7.72. The first-order chi connectivity index (χ1) is 15.7. The number of ether oxygens (including phenoxy) is 2. The number of halogens is 1. The van der Waals surface area contributed by atoms with Crippen LogP contribution in [0.2, 0.25) is 5.02 Å². The van der Waals surface area contributed by atoms with Crippen LogP contribution in [0.15, 0.2) is 47.4 Å². The molecule has 0 saturated carbocycles. The SMILES string of the molecule is COC(=O)c1ccc(C(=O)OC)c(NC(=O)C2CCN(S(=O)(=O)c3ccc(Cl)cc3)CC2)c1. The van der Waals surface area contributed by atoms with Crippen molar-refractivity contribution in [1.82, 2.24) is 4.31 Å². The number of benzene rings is 2. The molecule has 176 valence electrons. The van der Waals surface area contributed by atoms with Crippen molar-refractivity contribution in [2.45, 2.75) is 17.7 Å². The highest BCUT2D eigenvalue weighted by atomic mass is 35.5. The molecule has 3 rings (SSSR count). The molecule has 0 spiro atoms. The molecule has 0 aliphatic carbocycles. The Morgan fingerprint density at radius 1 is 0.970 bits per heavy atom. The number of hydrogen-bond acceptors (Lipinski definition) is 7. The smallest absolute Gasteiger partial charge is 0.339 e. The van der Waals surface area contributed by atoms with Crippen molar-refractivity contribution in [3.05, 3.63) is 58.6 Å². The fraction of sp³-hybridized carbons (Fsp3) is 0.318. The minimum atomic E-state index is -3.70. The molecule has 1 aliphatic rings. The predicted octanol–water partition coefficient (Wildman–Crippen LogP) is 2.95. The lowest BCUT2D eigenvalue weighted by Gasteiger charge is -2.30. The third-order valence-electron chi connectivity index (χ3n) is 5.38. The topological polar surface area (TPSA) is 119 Å². The zero-order valence-electron chi connectivity index (χ0n) is 18.0. The number of rotatable bonds is 6. The molecule has 1 amide bonds. The number of carbonyl (C=O) groups is 3. The molecule has 33 heavy (non-hydrogen) atoms. The molecule has 1 aliphatic heterocycles. The summed E-state index contributed by atoms with van der Waals surface area (Å²) in [5.74, 6) is -2.16. The Labute approximate surface area is 196 Å². The van der Waals surface area contributed by atoms with E-state index in [2.05, 4.69) is 10.1 Å². The van der Waals surface area contributed by atoms with E-state index in [0.717, 1.165) is 0 Å². The third-order valence-corrected chi connectivity index (χ3v) is 7.54. The Morgan fingerprint density at radius 2 is 1.58 bits per heavy atom. The lowest BCUT2D eigenvalue weighted by molar-refractivity contribution is -0.120. The number of nitrogens with zero attached hydrogens (tertiary/aromatic N) is 1. The van der Waals surface area contributed by atoms with E-state index >= 15 is 0 Å². The number of amides is 1. The summed E-state index contributed by atoms with van der Waals surface area (Å²) in [4.78, 5) is 36.9. The van der Waals surface area contributed by atoms with Crippen LogP contribution in [0.25, 0.3) is 0 Å². The Bertz CT molecular complexity index is 1160. The predicted molar refractivity (Wildman–Crippen MR) is 121 cm³/mol. The fourth-order valence-corrected chi connectivity index (χ4v) is 5.12. The van der Waals surface area contributed by atoms with Gasteiger partial charge in [0.25, 0.3) is 0 Å². The number of sulfonamides is 1. The molecule has 0 aromatic heterocycles. The van der Waals surface area contributed by atoms with Crippen LogP contribution in [0.1, 0.15) is 33.6 Å². The van der Waals surface area contributed by atoms with Crippen molar-refractivity contribution in [1.29, 1.82) is 0 Å². The highest BCUT2D eigenvalue weighted by Gasteiger charge is 2.32. The normalized spacial score (nSPS) is 15.0. The number of hydrogen-bond donors (Lipinski definition) is 1. The van der Waals surface area contributed by atoms with Crippen LogP contribution < -0.4 is 5.32 Å². The van der Waals surface area contributed by atoms with E-state index in [1.165, 1.54) is 61.0 Å². The van der Waals surface area contributed by atoms with Crippen molar-refractivity contribution in [3.8, 4) is 0 Å². The van der Waals surface area contributed by atoms with Gasteiger partial charge in [0.05, 0.1) is 35.9 Å². The van der Waals surface area contributed by atoms with Gasteiger partial charge in [-0.3, -0.25) is 4.79 Å². The largest absolute Gasteiger partial charge is 0.465 e. The van der Waals surface area contributed by atoms with Gasteiger partial charge in [-0.25, -0.2) is 18.0 Å². The molecule has 1 fully saturated rings. The van der Waals surface area contributed by atoms with E-state index < -0.39 is 27.9 Å². The van der Waals surface area contributed by atoms with Gasteiger partial charge in [0.2, 0.25) is 15.9 Å². The van der Waals surface area contributed by atoms with Gasteiger partial charge >= 0.3 is 11.9 Å². The molecule has 0 radical (unpaired) electrons.